The molecule has 5 nitrogen and oxygen atoms in total. The third-order valence-electron chi connectivity index (χ3n) is 3.54. The van der Waals surface area contributed by atoms with E-state index >= 15 is 0 Å². The smallest absolute Gasteiger partial charge is 0.454 e. The highest BCUT2D eigenvalue weighted by Gasteiger charge is 2.51. The molecule has 116 valence electrons. The van der Waals surface area contributed by atoms with Gasteiger partial charge in [0.25, 0.3) is 0 Å². The van der Waals surface area contributed by atoms with Crippen LogP contribution in [0.5, 0.6) is 6.01 Å². The molecule has 0 atom stereocenters. The highest BCUT2D eigenvalue weighted by atomic mass is 19.4. The average molecular weight is 304 g/mol. The van der Waals surface area contributed by atoms with Gasteiger partial charge in [-0.1, -0.05) is 0 Å². The molecule has 1 aromatic rings. The van der Waals surface area contributed by atoms with E-state index < -0.39 is 31.1 Å². The zero-order chi connectivity index (χ0) is 15.9. The van der Waals surface area contributed by atoms with Gasteiger partial charge in [-0.2, -0.15) is 13.2 Å². The van der Waals surface area contributed by atoms with Crippen LogP contribution in [0.4, 0.5) is 13.2 Å². The maximum absolute atomic E-state index is 12.0. The predicted octanol–water partition coefficient (Wildman–Crippen LogP) is 1.72. The van der Waals surface area contributed by atoms with E-state index in [0.29, 0.717) is 5.46 Å². The number of alkyl halides is 3. The van der Waals surface area contributed by atoms with E-state index in [0.717, 1.165) is 0 Å². The molecule has 0 unspecified atom stereocenters. The van der Waals surface area contributed by atoms with Gasteiger partial charge >= 0.3 is 19.3 Å². The zero-order valence-electron chi connectivity index (χ0n) is 12.2. The van der Waals surface area contributed by atoms with Gasteiger partial charge in [0, 0.05) is 17.9 Å². The fraction of sp³-hybridized carbons (Fsp3) is 0.667. The second-order valence-electron chi connectivity index (χ2n) is 5.79. The third-order valence-corrected chi connectivity index (χ3v) is 3.54. The maximum Gasteiger partial charge on any atom is 0.498 e. The Labute approximate surface area is 121 Å². The molecular formula is C12H16BF3N2O3. The molecule has 2 heterocycles. The molecule has 1 saturated heterocycles. The van der Waals surface area contributed by atoms with Crippen molar-refractivity contribution in [3.8, 4) is 6.01 Å². The van der Waals surface area contributed by atoms with E-state index in [2.05, 4.69) is 14.7 Å². The molecule has 0 aliphatic carbocycles. The van der Waals surface area contributed by atoms with E-state index in [1.54, 1.807) is 0 Å². The Morgan fingerprint density at radius 3 is 2.00 bits per heavy atom. The minimum absolute atomic E-state index is 0.340. The van der Waals surface area contributed by atoms with Crippen molar-refractivity contribution in [1.29, 1.82) is 0 Å². The lowest BCUT2D eigenvalue weighted by atomic mass is 9.81. The third kappa shape index (κ3) is 3.65. The summed E-state index contributed by atoms with van der Waals surface area (Å²) in [6.45, 7) is 6.16. The molecule has 0 bridgehead atoms. The normalized spacial score (nSPS) is 20.6. The molecule has 2 rings (SSSR count). The minimum Gasteiger partial charge on any atom is -0.454 e. The fourth-order valence-corrected chi connectivity index (χ4v) is 1.65. The van der Waals surface area contributed by atoms with Crippen molar-refractivity contribution < 1.29 is 27.2 Å². The summed E-state index contributed by atoms with van der Waals surface area (Å²) >= 11 is 0. The van der Waals surface area contributed by atoms with Gasteiger partial charge in [-0.25, -0.2) is 9.97 Å². The van der Waals surface area contributed by atoms with Crippen molar-refractivity contribution in [1.82, 2.24) is 9.97 Å². The first-order chi connectivity index (χ1) is 9.50. The summed E-state index contributed by atoms with van der Waals surface area (Å²) in [5.41, 5.74) is -0.500. The van der Waals surface area contributed by atoms with Gasteiger partial charge in [0.1, 0.15) is 0 Å². The van der Waals surface area contributed by atoms with Gasteiger partial charge in [-0.05, 0) is 27.7 Å². The number of nitrogens with zero attached hydrogens (tertiary/aromatic N) is 2. The second kappa shape index (κ2) is 5.13. The molecule has 0 N–H and O–H groups in total. The van der Waals surface area contributed by atoms with Gasteiger partial charge in [0.2, 0.25) is 0 Å². The van der Waals surface area contributed by atoms with Crippen molar-refractivity contribution in [2.45, 2.75) is 45.1 Å². The van der Waals surface area contributed by atoms with Crippen molar-refractivity contribution >= 4 is 12.6 Å². The number of rotatable bonds is 3. The Balaban J connectivity index is 2.04. The highest BCUT2D eigenvalue weighted by molar-refractivity contribution is 6.61. The van der Waals surface area contributed by atoms with Crippen molar-refractivity contribution in [3.05, 3.63) is 12.4 Å². The molecule has 0 saturated carbocycles. The predicted molar refractivity (Wildman–Crippen MR) is 69.3 cm³/mol. The van der Waals surface area contributed by atoms with Gasteiger partial charge < -0.3 is 14.0 Å². The van der Waals surface area contributed by atoms with Crippen LogP contribution in [-0.4, -0.2) is 41.1 Å². The molecule has 1 aliphatic rings. The number of hydrogen-bond donors (Lipinski definition) is 0. The quantitative estimate of drug-likeness (QED) is 0.796. The summed E-state index contributed by atoms with van der Waals surface area (Å²) in [4.78, 5) is 7.46. The van der Waals surface area contributed by atoms with Crippen LogP contribution in [0.15, 0.2) is 12.4 Å². The summed E-state index contributed by atoms with van der Waals surface area (Å²) < 4.78 is 52.1. The molecule has 0 amide bonds. The molecule has 9 heteroatoms. The molecular weight excluding hydrogens is 288 g/mol. The summed E-state index contributed by atoms with van der Waals surface area (Å²) in [7, 11) is -0.660. The topological polar surface area (TPSA) is 53.5 Å². The summed E-state index contributed by atoms with van der Waals surface area (Å²) in [6.07, 6.45) is -1.75. The van der Waals surface area contributed by atoms with Gasteiger partial charge in [-0.15, -0.1) is 0 Å². The molecule has 1 fully saturated rings. The lowest BCUT2D eigenvalue weighted by molar-refractivity contribution is -0.154. The first-order valence-corrected chi connectivity index (χ1v) is 6.37. The van der Waals surface area contributed by atoms with Crippen molar-refractivity contribution in [2.75, 3.05) is 6.61 Å². The van der Waals surface area contributed by atoms with Gasteiger partial charge in [0.05, 0.1) is 11.2 Å². The van der Waals surface area contributed by atoms with Crippen LogP contribution in [0, 0.1) is 0 Å². The molecule has 0 spiro atoms. The van der Waals surface area contributed by atoms with Crippen LogP contribution in [-0.2, 0) is 9.31 Å². The molecule has 1 aliphatic heterocycles. The Morgan fingerprint density at radius 2 is 1.57 bits per heavy atom. The molecule has 21 heavy (non-hydrogen) atoms. The highest BCUT2D eigenvalue weighted by Crippen LogP contribution is 2.36. The summed E-state index contributed by atoms with van der Waals surface area (Å²) in [5.74, 6) is 0. The van der Waals surface area contributed by atoms with Crippen LogP contribution in [0.3, 0.4) is 0 Å². The first kappa shape index (κ1) is 16.0. The summed E-state index contributed by atoms with van der Waals surface area (Å²) in [5, 5.41) is 0. The van der Waals surface area contributed by atoms with Crippen LogP contribution in [0.2, 0.25) is 0 Å². The minimum atomic E-state index is -4.42. The van der Waals surface area contributed by atoms with E-state index in [1.165, 1.54) is 12.4 Å². The van der Waals surface area contributed by atoms with E-state index in [1.807, 2.05) is 27.7 Å². The fourth-order valence-electron chi connectivity index (χ4n) is 1.65. The molecule has 0 radical (unpaired) electrons. The molecule has 1 aromatic heterocycles. The SMILES string of the molecule is CC1(C)OB(c2cnc(OCC(F)(F)F)nc2)OC1(C)C. The summed E-state index contributed by atoms with van der Waals surface area (Å²) in [6, 6.07) is -0.340. The zero-order valence-corrected chi connectivity index (χ0v) is 12.2. The Bertz CT molecular complexity index is 489. The van der Waals surface area contributed by atoms with Crippen LogP contribution in [0.1, 0.15) is 27.7 Å². The molecule has 0 aromatic carbocycles. The van der Waals surface area contributed by atoms with Gasteiger partial charge in [-0.3, -0.25) is 0 Å². The lowest BCUT2D eigenvalue weighted by Crippen LogP contribution is -2.41. The second-order valence-corrected chi connectivity index (χ2v) is 5.79. The number of hydrogen-bond acceptors (Lipinski definition) is 5. The number of aromatic nitrogens is 2. The van der Waals surface area contributed by atoms with Crippen LogP contribution >= 0.6 is 0 Å². The van der Waals surface area contributed by atoms with E-state index in [4.69, 9.17) is 9.31 Å². The van der Waals surface area contributed by atoms with Crippen LogP contribution < -0.4 is 10.2 Å². The average Bonchev–Trinajstić information content (AvgIpc) is 2.56. The number of halogens is 3. The lowest BCUT2D eigenvalue weighted by Gasteiger charge is -2.32. The standard InChI is InChI=1S/C12H16BF3N2O3/c1-10(2)11(3,4)21-13(20-10)8-5-17-9(18-6-8)19-7-12(14,15)16/h5-6H,7H2,1-4H3. The van der Waals surface area contributed by atoms with Gasteiger partial charge in [0.15, 0.2) is 6.61 Å². The van der Waals surface area contributed by atoms with E-state index in [-0.39, 0.29) is 6.01 Å². The largest absolute Gasteiger partial charge is 0.498 e. The maximum atomic E-state index is 12.0. The first-order valence-electron chi connectivity index (χ1n) is 6.37. The monoisotopic (exact) mass is 304 g/mol. The van der Waals surface area contributed by atoms with E-state index in [9.17, 15) is 13.2 Å². The Kier molecular flexibility index (Phi) is 3.92. The van der Waals surface area contributed by atoms with Crippen molar-refractivity contribution in [3.63, 3.8) is 0 Å². The Hall–Kier alpha value is -1.35. The number of ether oxygens (including phenoxy) is 1. The Morgan fingerprint density at radius 1 is 1.10 bits per heavy atom. The van der Waals surface area contributed by atoms with Crippen LogP contribution in [0.25, 0.3) is 0 Å². The van der Waals surface area contributed by atoms with Crippen molar-refractivity contribution in [2.24, 2.45) is 0 Å².